The molecule has 1 N–H and O–H groups in total. The molecule has 0 saturated heterocycles. The number of anilines is 1. The number of aliphatic hydroxyl groups is 1. The van der Waals surface area contributed by atoms with Gasteiger partial charge in [0, 0.05) is 35.2 Å². The summed E-state index contributed by atoms with van der Waals surface area (Å²) in [7, 11) is 2.02. The van der Waals surface area contributed by atoms with Crippen LogP contribution in [0.5, 0.6) is 0 Å². The molecule has 0 radical (unpaired) electrons. The van der Waals surface area contributed by atoms with E-state index in [0.29, 0.717) is 0 Å². The van der Waals surface area contributed by atoms with E-state index in [9.17, 15) is 5.11 Å². The zero-order valence-corrected chi connectivity index (χ0v) is 12.7. The van der Waals surface area contributed by atoms with Crippen LogP contribution < -0.4 is 4.90 Å². The van der Waals surface area contributed by atoms with Gasteiger partial charge in [-0.2, -0.15) is 0 Å². The average molecular weight is 291 g/mol. The zero-order chi connectivity index (χ0) is 14.7. The molecule has 1 heterocycles. The Bertz CT molecular complexity index is 584. The van der Waals surface area contributed by atoms with E-state index >= 15 is 0 Å². The van der Waals surface area contributed by atoms with Crippen molar-refractivity contribution < 1.29 is 5.11 Å². The van der Waals surface area contributed by atoms with E-state index in [2.05, 4.69) is 16.8 Å². The molecule has 3 nitrogen and oxygen atoms in total. The molecule has 1 atom stereocenters. The molecule has 0 saturated carbocycles. The summed E-state index contributed by atoms with van der Waals surface area (Å²) < 4.78 is 0. The molecule has 1 unspecified atom stereocenters. The summed E-state index contributed by atoms with van der Waals surface area (Å²) in [6.45, 7) is 4.06. The van der Waals surface area contributed by atoms with Crippen LogP contribution in [0.2, 0.25) is 5.02 Å². The van der Waals surface area contributed by atoms with Gasteiger partial charge in [0.25, 0.3) is 0 Å². The van der Waals surface area contributed by atoms with Gasteiger partial charge in [0.05, 0.1) is 12.6 Å². The van der Waals surface area contributed by atoms with Gasteiger partial charge in [0.15, 0.2) is 0 Å². The van der Waals surface area contributed by atoms with Crippen LogP contribution in [0.4, 0.5) is 5.69 Å². The second-order valence-electron chi connectivity index (χ2n) is 4.95. The first kappa shape index (κ1) is 14.8. The van der Waals surface area contributed by atoms with Crippen molar-refractivity contribution >= 4 is 17.3 Å². The summed E-state index contributed by atoms with van der Waals surface area (Å²) in [5, 5.41) is 10.2. The lowest BCUT2D eigenvalue weighted by Crippen LogP contribution is -2.23. The van der Waals surface area contributed by atoms with Gasteiger partial charge in [0.2, 0.25) is 0 Å². The minimum atomic E-state index is -0.0136. The molecule has 20 heavy (non-hydrogen) atoms. The Morgan fingerprint density at radius 2 is 1.95 bits per heavy atom. The van der Waals surface area contributed by atoms with E-state index in [1.54, 1.807) is 6.20 Å². The van der Waals surface area contributed by atoms with Gasteiger partial charge < -0.3 is 10.0 Å². The Labute approximate surface area is 124 Å². The number of aliphatic hydroxyl groups excluding tert-OH is 1. The second-order valence-corrected chi connectivity index (χ2v) is 5.39. The summed E-state index contributed by atoms with van der Waals surface area (Å²) in [5.41, 5.74) is 3.95. The SMILES string of the molecule is Cc1cc(N(C)C(C)c2ccc(Cl)cc2)c(CO)cn1. The van der Waals surface area contributed by atoms with Crippen LogP contribution in [-0.2, 0) is 6.61 Å². The topological polar surface area (TPSA) is 36.4 Å². The molecule has 0 aliphatic heterocycles. The number of hydrogen-bond acceptors (Lipinski definition) is 3. The first-order chi connectivity index (χ1) is 9.52. The molecule has 2 rings (SSSR count). The summed E-state index contributed by atoms with van der Waals surface area (Å²) in [6, 6.07) is 10.0. The van der Waals surface area contributed by atoms with E-state index in [0.717, 1.165) is 22.0 Å². The molecule has 0 aliphatic carbocycles. The highest BCUT2D eigenvalue weighted by Crippen LogP contribution is 2.29. The number of nitrogens with zero attached hydrogens (tertiary/aromatic N) is 2. The molecule has 1 aromatic heterocycles. The number of aryl methyl sites for hydroxylation is 1. The van der Waals surface area contributed by atoms with E-state index in [1.807, 2.05) is 44.3 Å². The lowest BCUT2D eigenvalue weighted by Gasteiger charge is -2.29. The average Bonchev–Trinajstić information content (AvgIpc) is 2.46. The Morgan fingerprint density at radius 1 is 1.30 bits per heavy atom. The standard InChI is InChI=1S/C16H19ClN2O/c1-11-8-16(14(10-20)9-18-11)19(3)12(2)13-4-6-15(17)7-5-13/h4-9,12,20H,10H2,1-3H3. The third kappa shape index (κ3) is 3.11. The molecule has 2 aromatic rings. The van der Waals surface area contributed by atoms with Gasteiger partial charge >= 0.3 is 0 Å². The van der Waals surface area contributed by atoms with E-state index < -0.39 is 0 Å². The molecule has 0 amide bonds. The van der Waals surface area contributed by atoms with E-state index in [-0.39, 0.29) is 12.6 Å². The van der Waals surface area contributed by atoms with Crippen molar-refractivity contribution in [1.82, 2.24) is 4.98 Å². The maximum absolute atomic E-state index is 9.46. The molecule has 0 fully saturated rings. The second kappa shape index (κ2) is 6.25. The van der Waals surface area contributed by atoms with Crippen LogP contribution in [0.3, 0.4) is 0 Å². The predicted molar refractivity (Wildman–Crippen MR) is 83.2 cm³/mol. The monoisotopic (exact) mass is 290 g/mol. The van der Waals surface area contributed by atoms with Gasteiger partial charge in [-0.05, 0) is 37.6 Å². The highest BCUT2D eigenvalue weighted by molar-refractivity contribution is 6.30. The van der Waals surface area contributed by atoms with Crippen LogP contribution in [0.15, 0.2) is 36.5 Å². The first-order valence-corrected chi connectivity index (χ1v) is 6.95. The number of rotatable bonds is 4. The van der Waals surface area contributed by atoms with Crippen LogP contribution in [0.25, 0.3) is 0 Å². The molecule has 106 valence electrons. The van der Waals surface area contributed by atoms with Gasteiger partial charge in [-0.15, -0.1) is 0 Å². The largest absolute Gasteiger partial charge is 0.392 e. The minimum Gasteiger partial charge on any atom is -0.392 e. The van der Waals surface area contributed by atoms with Crippen molar-refractivity contribution in [2.24, 2.45) is 0 Å². The van der Waals surface area contributed by atoms with Crippen LogP contribution in [0, 0.1) is 6.92 Å². The highest BCUT2D eigenvalue weighted by atomic mass is 35.5. The Hall–Kier alpha value is -1.58. The fourth-order valence-corrected chi connectivity index (χ4v) is 2.32. The number of hydrogen-bond donors (Lipinski definition) is 1. The van der Waals surface area contributed by atoms with Crippen molar-refractivity contribution in [3.8, 4) is 0 Å². The van der Waals surface area contributed by atoms with Crippen molar-refractivity contribution in [3.63, 3.8) is 0 Å². The maximum Gasteiger partial charge on any atom is 0.0717 e. The smallest absolute Gasteiger partial charge is 0.0717 e. The fraction of sp³-hybridized carbons (Fsp3) is 0.312. The number of pyridine rings is 1. The third-order valence-electron chi connectivity index (χ3n) is 3.58. The molecule has 0 bridgehead atoms. The number of halogens is 1. The van der Waals surface area contributed by atoms with Crippen LogP contribution in [-0.4, -0.2) is 17.1 Å². The molecule has 0 spiro atoms. The summed E-state index contributed by atoms with van der Waals surface area (Å²) in [5.74, 6) is 0. The van der Waals surface area contributed by atoms with Gasteiger partial charge in [-0.1, -0.05) is 23.7 Å². The van der Waals surface area contributed by atoms with Crippen molar-refractivity contribution in [1.29, 1.82) is 0 Å². The van der Waals surface area contributed by atoms with Crippen LogP contribution in [0.1, 0.15) is 29.8 Å². The summed E-state index contributed by atoms with van der Waals surface area (Å²) in [6.07, 6.45) is 1.73. The molecule has 1 aromatic carbocycles. The Balaban J connectivity index is 2.32. The lowest BCUT2D eigenvalue weighted by molar-refractivity contribution is 0.281. The minimum absolute atomic E-state index is 0.0136. The predicted octanol–water partition coefficient (Wildman–Crippen LogP) is 3.73. The lowest BCUT2D eigenvalue weighted by atomic mass is 10.1. The molecular formula is C16H19ClN2O. The van der Waals surface area contributed by atoms with Crippen molar-refractivity contribution in [3.05, 3.63) is 58.4 Å². The molecule has 4 heteroatoms. The normalized spacial score (nSPS) is 12.2. The van der Waals surface area contributed by atoms with Gasteiger partial charge in [-0.3, -0.25) is 4.98 Å². The van der Waals surface area contributed by atoms with E-state index in [1.165, 1.54) is 5.56 Å². The van der Waals surface area contributed by atoms with Crippen molar-refractivity contribution in [2.45, 2.75) is 26.5 Å². The van der Waals surface area contributed by atoms with Crippen LogP contribution >= 0.6 is 11.6 Å². The maximum atomic E-state index is 9.46. The fourth-order valence-electron chi connectivity index (χ4n) is 2.20. The molecular weight excluding hydrogens is 272 g/mol. The molecule has 0 aliphatic rings. The van der Waals surface area contributed by atoms with Gasteiger partial charge in [-0.25, -0.2) is 0 Å². The Kier molecular flexibility index (Phi) is 4.63. The highest BCUT2D eigenvalue weighted by Gasteiger charge is 2.15. The summed E-state index contributed by atoms with van der Waals surface area (Å²) in [4.78, 5) is 6.37. The first-order valence-electron chi connectivity index (χ1n) is 6.57. The van der Waals surface area contributed by atoms with Gasteiger partial charge in [0.1, 0.15) is 0 Å². The van der Waals surface area contributed by atoms with E-state index in [4.69, 9.17) is 11.6 Å². The zero-order valence-electron chi connectivity index (χ0n) is 12.0. The Morgan fingerprint density at radius 3 is 2.55 bits per heavy atom. The third-order valence-corrected chi connectivity index (χ3v) is 3.83. The number of aromatic nitrogens is 1. The van der Waals surface area contributed by atoms with Crippen molar-refractivity contribution in [2.75, 3.05) is 11.9 Å². The number of benzene rings is 1. The summed E-state index contributed by atoms with van der Waals surface area (Å²) >= 11 is 5.93. The quantitative estimate of drug-likeness (QED) is 0.932.